The number of hydrogen-bond acceptors (Lipinski definition) is 4. The zero-order chi connectivity index (χ0) is 20.2. The van der Waals surface area contributed by atoms with Gasteiger partial charge in [0.05, 0.1) is 22.5 Å². The Hall–Kier alpha value is -2.73. The van der Waals surface area contributed by atoms with Gasteiger partial charge < -0.3 is 5.32 Å². The summed E-state index contributed by atoms with van der Waals surface area (Å²) in [5.41, 5.74) is 1.61. The van der Waals surface area contributed by atoms with Gasteiger partial charge in [0.1, 0.15) is 5.52 Å². The third kappa shape index (κ3) is 4.48. The molecular formula is C22H23ClN4O2. The van der Waals surface area contributed by atoms with E-state index in [1.807, 2.05) is 12.1 Å². The predicted molar refractivity (Wildman–Crippen MR) is 113 cm³/mol. The Morgan fingerprint density at radius 2 is 1.86 bits per heavy atom. The molecule has 2 aromatic carbocycles. The molecule has 1 fully saturated rings. The molecule has 0 radical (unpaired) electrons. The summed E-state index contributed by atoms with van der Waals surface area (Å²) in [5.74, 6) is 0.637. The summed E-state index contributed by atoms with van der Waals surface area (Å²) in [6.07, 6.45) is 6.58. The van der Waals surface area contributed by atoms with E-state index in [0.29, 0.717) is 34.0 Å². The van der Waals surface area contributed by atoms with Crippen molar-refractivity contribution in [3.05, 3.63) is 63.4 Å². The second kappa shape index (κ2) is 8.74. The number of benzene rings is 2. The van der Waals surface area contributed by atoms with Gasteiger partial charge >= 0.3 is 0 Å². The van der Waals surface area contributed by atoms with Gasteiger partial charge in [-0.25, -0.2) is 0 Å². The molecule has 0 unspecified atom stereocenters. The highest BCUT2D eigenvalue weighted by atomic mass is 35.5. The van der Waals surface area contributed by atoms with Crippen molar-refractivity contribution < 1.29 is 4.79 Å². The number of aromatic nitrogens is 3. The molecule has 4 rings (SSSR count). The van der Waals surface area contributed by atoms with E-state index in [0.717, 1.165) is 12.1 Å². The quantitative estimate of drug-likeness (QED) is 0.696. The summed E-state index contributed by atoms with van der Waals surface area (Å²) in [5, 5.41) is 11.8. The largest absolute Gasteiger partial charge is 0.356 e. The summed E-state index contributed by atoms with van der Waals surface area (Å²) in [6.45, 7) is 0.764. The lowest BCUT2D eigenvalue weighted by molar-refractivity contribution is -0.120. The van der Waals surface area contributed by atoms with Crippen molar-refractivity contribution in [1.29, 1.82) is 0 Å². The van der Waals surface area contributed by atoms with Crippen LogP contribution in [0.1, 0.15) is 37.7 Å². The van der Waals surface area contributed by atoms with Crippen LogP contribution in [0.25, 0.3) is 16.6 Å². The number of halogens is 1. The van der Waals surface area contributed by atoms with E-state index in [1.165, 1.54) is 36.8 Å². The summed E-state index contributed by atoms with van der Waals surface area (Å²) < 4.78 is 1.22. The van der Waals surface area contributed by atoms with Crippen molar-refractivity contribution in [2.24, 2.45) is 5.92 Å². The van der Waals surface area contributed by atoms with Gasteiger partial charge in [-0.2, -0.15) is 4.68 Å². The Balaban J connectivity index is 1.45. The number of nitrogens with one attached hydrogen (secondary N) is 1. The van der Waals surface area contributed by atoms with Gasteiger partial charge in [0.25, 0.3) is 5.56 Å². The predicted octanol–water partition coefficient (Wildman–Crippen LogP) is 3.67. The van der Waals surface area contributed by atoms with E-state index in [9.17, 15) is 9.59 Å². The second-order valence-electron chi connectivity index (χ2n) is 7.59. The van der Waals surface area contributed by atoms with E-state index < -0.39 is 0 Å². The SMILES string of the molecule is O=C(Cc1ccc(-n2nnc3cccc(Cl)c3c2=O)cc1)NCC1CCCCC1. The van der Waals surface area contributed by atoms with Gasteiger partial charge in [0.15, 0.2) is 0 Å². The van der Waals surface area contributed by atoms with Crippen molar-refractivity contribution in [2.75, 3.05) is 6.54 Å². The number of carbonyl (C=O) groups excluding carboxylic acids is 1. The lowest BCUT2D eigenvalue weighted by atomic mass is 9.89. The second-order valence-corrected chi connectivity index (χ2v) is 8.00. The molecule has 1 N–H and O–H groups in total. The molecule has 1 saturated carbocycles. The van der Waals surface area contributed by atoms with Crippen LogP contribution in [0.15, 0.2) is 47.3 Å². The molecular weight excluding hydrogens is 388 g/mol. The van der Waals surface area contributed by atoms with E-state index >= 15 is 0 Å². The number of fused-ring (bicyclic) bond motifs is 1. The number of hydrogen-bond donors (Lipinski definition) is 1. The Labute approximate surface area is 173 Å². The fraction of sp³-hybridized carbons (Fsp3) is 0.364. The molecule has 0 atom stereocenters. The van der Waals surface area contributed by atoms with Crippen LogP contribution in [0.5, 0.6) is 0 Å². The van der Waals surface area contributed by atoms with Crippen molar-refractivity contribution in [2.45, 2.75) is 38.5 Å². The minimum atomic E-state index is -0.321. The molecule has 0 spiro atoms. The summed E-state index contributed by atoms with van der Waals surface area (Å²) in [7, 11) is 0. The summed E-state index contributed by atoms with van der Waals surface area (Å²) in [4.78, 5) is 25.0. The van der Waals surface area contributed by atoms with Crippen LogP contribution in [-0.2, 0) is 11.2 Å². The fourth-order valence-corrected chi connectivity index (χ4v) is 4.12. The van der Waals surface area contributed by atoms with Crippen molar-refractivity contribution >= 4 is 28.4 Å². The summed E-state index contributed by atoms with van der Waals surface area (Å²) >= 11 is 6.16. The van der Waals surface area contributed by atoms with Crippen LogP contribution in [0.3, 0.4) is 0 Å². The maximum atomic E-state index is 12.8. The Morgan fingerprint density at radius 1 is 1.10 bits per heavy atom. The van der Waals surface area contributed by atoms with Crippen molar-refractivity contribution in [3.63, 3.8) is 0 Å². The molecule has 0 saturated heterocycles. The smallest absolute Gasteiger partial charge is 0.283 e. The Morgan fingerprint density at radius 3 is 2.62 bits per heavy atom. The standard InChI is InChI=1S/C22H23ClN4O2/c23-18-7-4-8-19-21(18)22(29)27(26-25-19)17-11-9-15(10-12-17)13-20(28)24-14-16-5-2-1-3-6-16/h4,7-12,16H,1-3,5-6,13-14H2,(H,24,28). The monoisotopic (exact) mass is 410 g/mol. The summed E-state index contributed by atoms with van der Waals surface area (Å²) in [6, 6.07) is 12.3. The van der Waals surface area contributed by atoms with E-state index in [-0.39, 0.29) is 11.5 Å². The van der Waals surface area contributed by atoms with Crippen LogP contribution in [0.4, 0.5) is 0 Å². The highest BCUT2D eigenvalue weighted by molar-refractivity contribution is 6.35. The van der Waals surface area contributed by atoms with E-state index in [4.69, 9.17) is 11.6 Å². The number of nitrogens with zero attached hydrogens (tertiary/aromatic N) is 3. The third-order valence-electron chi connectivity index (χ3n) is 5.50. The lowest BCUT2D eigenvalue weighted by Gasteiger charge is -2.21. The maximum absolute atomic E-state index is 12.8. The first-order chi connectivity index (χ1) is 14.1. The third-order valence-corrected chi connectivity index (χ3v) is 5.81. The van der Waals surface area contributed by atoms with Crippen LogP contribution in [0, 0.1) is 5.92 Å². The van der Waals surface area contributed by atoms with Crippen LogP contribution < -0.4 is 10.9 Å². The Bertz CT molecular complexity index is 1070. The first-order valence-corrected chi connectivity index (χ1v) is 10.4. The first kappa shape index (κ1) is 19.6. The molecule has 1 aliphatic carbocycles. The average Bonchev–Trinajstić information content (AvgIpc) is 2.74. The molecule has 1 heterocycles. The van der Waals surface area contributed by atoms with Gasteiger partial charge in [0, 0.05) is 6.54 Å². The lowest BCUT2D eigenvalue weighted by Crippen LogP contribution is -2.31. The fourth-order valence-electron chi connectivity index (χ4n) is 3.87. The molecule has 1 aromatic heterocycles. The highest BCUT2D eigenvalue weighted by Crippen LogP contribution is 2.22. The molecule has 3 aromatic rings. The van der Waals surface area contributed by atoms with Crippen LogP contribution >= 0.6 is 11.6 Å². The van der Waals surface area contributed by atoms with Gasteiger partial charge in [-0.05, 0) is 48.6 Å². The normalized spacial score (nSPS) is 14.8. The highest BCUT2D eigenvalue weighted by Gasteiger charge is 2.15. The Kier molecular flexibility index (Phi) is 5.90. The molecule has 7 heteroatoms. The number of rotatable bonds is 5. The zero-order valence-corrected chi connectivity index (χ0v) is 16.9. The molecule has 1 amide bonds. The maximum Gasteiger partial charge on any atom is 0.283 e. The van der Waals surface area contributed by atoms with Gasteiger partial charge in [0.2, 0.25) is 5.91 Å². The minimum absolute atomic E-state index is 0.0257. The van der Waals surface area contributed by atoms with E-state index in [1.54, 1.807) is 30.3 Å². The minimum Gasteiger partial charge on any atom is -0.356 e. The number of carbonyl (C=O) groups is 1. The molecule has 29 heavy (non-hydrogen) atoms. The van der Waals surface area contributed by atoms with E-state index in [2.05, 4.69) is 15.6 Å². The molecule has 1 aliphatic rings. The van der Waals surface area contributed by atoms with Gasteiger partial charge in [-0.15, -0.1) is 5.10 Å². The van der Waals surface area contributed by atoms with Gasteiger partial charge in [-0.3, -0.25) is 9.59 Å². The topological polar surface area (TPSA) is 76.9 Å². The molecule has 0 bridgehead atoms. The first-order valence-electron chi connectivity index (χ1n) is 10.0. The van der Waals surface area contributed by atoms with Crippen LogP contribution in [-0.4, -0.2) is 27.4 Å². The molecule has 6 nitrogen and oxygen atoms in total. The van der Waals surface area contributed by atoms with Crippen molar-refractivity contribution in [1.82, 2.24) is 20.3 Å². The van der Waals surface area contributed by atoms with Crippen molar-refractivity contribution in [3.8, 4) is 5.69 Å². The number of amides is 1. The van der Waals surface area contributed by atoms with Crippen LogP contribution in [0.2, 0.25) is 5.02 Å². The van der Waals surface area contributed by atoms with Gasteiger partial charge in [-0.1, -0.05) is 54.3 Å². The zero-order valence-electron chi connectivity index (χ0n) is 16.1. The molecule has 150 valence electrons. The average molecular weight is 411 g/mol. The molecule has 0 aliphatic heterocycles.